The summed E-state index contributed by atoms with van der Waals surface area (Å²) >= 11 is 0. The van der Waals surface area contributed by atoms with Crippen molar-refractivity contribution in [3.05, 3.63) is 0 Å². The highest BCUT2D eigenvalue weighted by molar-refractivity contribution is 5.66. The molecule has 28 heavy (non-hydrogen) atoms. The van der Waals surface area contributed by atoms with Gasteiger partial charge in [0.25, 0.3) is 0 Å². The van der Waals surface area contributed by atoms with Gasteiger partial charge in [0.2, 0.25) is 0 Å². The highest BCUT2D eigenvalue weighted by atomic mass is 16.5. The number of fused-ring (bicyclic) bond motifs is 2. The lowest BCUT2D eigenvalue weighted by atomic mass is 9.70. The maximum absolute atomic E-state index is 11.1. The van der Waals surface area contributed by atoms with Gasteiger partial charge in [-0.3, -0.25) is 9.59 Å². The molecule has 164 valence electrons. The molecular weight excluding hydrogens is 356 g/mol. The fourth-order valence-corrected chi connectivity index (χ4v) is 5.01. The summed E-state index contributed by atoms with van der Waals surface area (Å²) in [6, 6.07) is 0. The van der Waals surface area contributed by atoms with Crippen LogP contribution in [0.3, 0.4) is 0 Å². The summed E-state index contributed by atoms with van der Waals surface area (Å²) in [6.45, 7) is 12.2. The molecule has 0 aromatic heterocycles. The van der Waals surface area contributed by atoms with Crippen molar-refractivity contribution < 1.29 is 24.2 Å². The summed E-state index contributed by atoms with van der Waals surface area (Å²) in [5.74, 6) is 0.344. The van der Waals surface area contributed by atoms with Crippen molar-refractivity contribution in [2.24, 2.45) is 16.7 Å². The van der Waals surface area contributed by atoms with Crippen LogP contribution in [0.4, 0.5) is 0 Å². The first-order chi connectivity index (χ1) is 13.0. The van der Waals surface area contributed by atoms with Gasteiger partial charge in [-0.1, -0.05) is 53.4 Å². The van der Waals surface area contributed by atoms with Crippen LogP contribution in [0.15, 0.2) is 0 Å². The van der Waals surface area contributed by atoms with Crippen molar-refractivity contribution in [3.8, 4) is 0 Å². The van der Waals surface area contributed by atoms with Gasteiger partial charge in [-0.2, -0.15) is 0 Å². The summed E-state index contributed by atoms with van der Waals surface area (Å²) in [7, 11) is 0. The Morgan fingerprint density at radius 1 is 1.07 bits per heavy atom. The molecule has 4 atom stereocenters. The van der Waals surface area contributed by atoms with Crippen LogP contribution in [-0.4, -0.2) is 35.9 Å². The Kier molecular flexibility index (Phi) is 9.96. The van der Waals surface area contributed by atoms with Crippen molar-refractivity contribution >= 4 is 11.9 Å². The van der Waals surface area contributed by atoms with E-state index in [0.29, 0.717) is 13.0 Å². The molecule has 5 heteroatoms. The monoisotopic (exact) mass is 398 g/mol. The average molecular weight is 399 g/mol. The molecule has 0 aromatic rings. The maximum atomic E-state index is 11.1. The van der Waals surface area contributed by atoms with Gasteiger partial charge < -0.3 is 14.6 Å². The minimum atomic E-state index is -0.314. The van der Waals surface area contributed by atoms with E-state index >= 15 is 0 Å². The third-order valence-corrected chi connectivity index (χ3v) is 6.57. The highest BCUT2D eigenvalue weighted by Crippen LogP contribution is 2.63. The first-order valence-electron chi connectivity index (χ1n) is 11.0. The molecule has 0 spiro atoms. The lowest BCUT2D eigenvalue weighted by Gasteiger charge is -2.41. The Morgan fingerprint density at radius 3 is 2.25 bits per heavy atom. The number of ether oxygens (including phenoxy) is 2. The molecule has 0 aromatic carbocycles. The van der Waals surface area contributed by atoms with Crippen LogP contribution < -0.4 is 0 Å². The van der Waals surface area contributed by atoms with Crippen molar-refractivity contribution in [1.29, 1.82) is 0 Å². The molecule has 2 rings (SSSR count). The van der Waals surface area contributed by atoms with Crippen LogP contribution >= 0.6 is 0 Å². The molecule has 0 radical (unpaired) electrons. The highest BCUT2D eigenvalue weighted by Gasteiger charge is 2.61. The molecule has 2 unspecified atom stereocenters. The molecule has 2 aliphatic rings. The number of aliphatic hydroxyl groups excluding tert-OH is 1. The van der Waals surface area contributed by atoms with E-state index in [-0.39, 0.29) is 35.0 Å². The van der Waals surface area contributed by atoms with E-state index in [1.807, 2.05) is 0 Å². The zero-order valence-corrected chi connectivity index (χ0v) is 18.9. The van der Waals surface area contributed by atoms with Crippen LogP contribution in [0.5, 0.6) is 0 Å². The largest absolute Gasteiger partial charge is 0.466 e. The second-order valence-corrected chi connectivity index (χ2v) is 9.54. The fraction of sp³-hybridized carbons (Fsp3) is 0.913. The van der Waals surface area contributed by atoms with Crippen LogP contribution in [0.1, 0.15) is 99.3 Å². The summed E-state index contributed by atoms with van der Waals surface area (Å²) in [6.07, 6.45) is 9.65. The predicted octanol–water partition coefficient (Wildman–Crippen LogP) is 5.04. The quantitative estimate of drug-likeness (QED) is 0.435. The first kappa shape index (κ1) is 24.9. The third kappa shape index (κ3) is 7.38. The van der Waals surface area contributed by atoms with Crippen molar-refractivity contribution in [3.63, 3.8) is 0 Å². The van der Waals surface area contributed by atoms with Crippen molar-refractivity contribution in [2.75, 3.05) is 6.61 Å². The first-order valence-corrected chi connectivity index (χ1v) is 11.0. The number of aliphatic hydroxyl groups is 1. The van der Waals surface area contributed by atoms with E-state index in [2.05, 4.69) is 27.7 Å². The molecule has 2 bridgehead atoms. The number of carbonyl (C=O) groups excluding carboxylic acids is 2. The normalized spacial score (nSPS) is 28.2. The topological polar surface area (TPSA) is 72.8 Å². The fourth-order valence-electron chi connectivity index (χ4n) is 5.01. The summed E-state index contributed by atoms with van der Waals surface area (Å²) in [5.41, 5.74) is 0.429. The van der Waals surface area contributed by atoms with E-state index in [4.69, 9.17) is 9.47 Å². The smallest absolute Gasteiger partial charge is 0.302 e. The zero-order valence-electron chi connectivity index (χ0n) is 18.9. The number of unbranched alkanes of at least 4 members (excludes halogenated alkanes) is 3. The average Bonchev–Trinajstić information content (AvgIpc) is 3.07. The minimum absolute atomic E-state index is 0.128. The van der Waals surface area contributed by atoms with Gasteiger partial charge in [0.05, 0.1) is 12.7 Å². The van der Waals surface area contributed by atoms with Gasteiger partial charge in [0.1, 0.15) is 6.10 Å². The predicted molar refractivity (Wildman–Crippen MR) is 111 cm³/mol. The summed E-state index contributed by atoms with van der Waals surface area (Å²) < 4.78 is 10.3. The Balaban J connectivity index is 0.000000280. The molecule has 0 saturated heterocycles. The number of hydrogen-bond donors (Lipinski definition) is 1. The number of rotatable bonds is 9. The van der Waals surface area contributed by atoms with Crippen LogP contribution in [0, 0.1) is 16.7 Å². The molecule has 2 fully saturated rings. The van der Waals surface area contributed by atoms with E-state index in [9.17, 15) is 14.7 Å². The molecule has 0 amide bonds. The van der Waals surface area contributed by atoms with Crippen LogP contribution in [-0.2, 0) is 19.1 Å². The molecule has 5 nitrogen and oxygen atoms in total. The number of esters is 2. The molecule has 2 saturated carbocycles. The van der Waals surface area contributed by atoms with Gasteiger partial charge in [0, 0.05) is 31.1 Å². The molecule has 2 aliphatic carbocycles. The molecular formula is C23H42O5. The SMILES string of the molecule is CC(=O)OC1C(C)(C)[C@@H]2CC[C@@]1(C)C2.CCCCCCC(O)CCOC(C)=O. The van der Waals surface area contributed by atoms with Gasteiger partial charge in [-0.15, -0.1) is 0 Å². The Hall–Kier alpha value is -1.10. The van der Waals surface area contributed by atoms with E-state index in [1.54, 1.807) is 0 Å². The van der Waals surface area contributed by atoms with E-state index < -0.39 is 0 Å². The zero-order chi connectivity index (χ0) is 21.4. The van der Waals surface area contributed by atoms with Gasteiger partial charge in [-0.05, 0) is 31.6 Å². The molecule has 1 N–H and O–H groups in total. The van der Waals surface area contributed by atoms with Gasteiger partial charge in [0.15, 0.2) is 0 Å². The second-order valence-electron chi connectivity index (χ2n) is 9.54. The van der Waals surface area contributed by atoms with Gasteiger partial charge >= 0.3 is 11.9 Å². The summed E-state index contributed by atoms with van der Waals surface area (Å²) in [5, 5.41) is 9.47. The third-order valence-electron chi connectivity index (χ3n) is 6.57. The van der Waals surface area contributed by atoms with Gasteiger partial charge in [-0.25, -0.2) is 0 Å². The van der Waals surface area contributed by atoms with E-state index in [0.717, 1.165) is 18.8 Å². The van der Waals surface area contributed by atoms with Crippen molar-refractivity contribution in [1.82, 2.24) is 0 Å². The lowest BCUT2D eigenvalue weighted by molar-refractivity contribution is -0.161. The minimum Gasteiger partial charge on any atom is -0.466 e. The number of hydrogen-bond acceptors (Lipinski definition) is 5. The van der Waals surface area contributed by atoms with Crippen LogP contribution in [0.25, 0.3) is 0 Å². The van der Waals surface area contributed by atoms with Crippen LogP contribution in [0.2, 0.25) is 0 Å². The van der Waals surface area contributed by atoms with Crippen molar-refractivity contribution in [2.45, 2.75) is 112 Å². The lowest BCUT2D eigenvalue weighted by Crippen LogP contribution is -2.43. The maximum Gasteiger partial charge on any atom is 0.302 e. The number of carbonyl (C=O) groups is 2. The Labute approximate surface area is 171 Å². The Bertz CT molecular complexity index is 496. The second kappa shape index (κ2) is 11.2. The Morgan fingerprint density at radius 2 is 1.75 bits per heavy atom. The summed E-state index contributed by atoms with van der Waals surface area (Å²) in [4.78, 5) is 21.5. The van der Waals surface area contributed by atoms with E-state index in [1.165, 1.54) is 52.4 Å². The standard InChI is InChI=1S/C12H20O2.C11H22O3/c1-8(13)14-10-11(2,3)9-5-6-12(10,4)7-9;1-3-4-5-6-7-11(13)8-9-14-10(2)12/h9-10H,5-7H2,1-4H3;11,13H,3-9H2,1-2H3/t9-,10?,12+;/m1./s1. The molecule has 0 heterocycles. The molecule has 0 aliphatic heterocycles.